The summed E-state index contributed by atoms with van der Waals surface area (Å²) in [5, 5.41) is 9.11. The highest BCUT2D eigenvalue weighted by molar-refractivity contribution is 5.77. The van der Waals surface area contributed by atoms with Gasteiger partial charge in [-0.05, 0) is 32.9 Å². The molecule has 15 heavy (non-hydrogen) atoms. The normalized spacial score (nSPS) is 18.7. The lowest BCUT2D eigenvalue weighted by Crippen LogP contribution is -2.23. The van der Waals surface area contributed by atoms with Gasteiger partial charge in [0.2, 0.25) is 0 Å². The Labute approximate surface area is 88.7 Å². The summed E-state index contributed by atoms with van der Waals surface area (Å²) in [6.45, 7) is 5.26. The molecular weight excluding hydrogens is 194 g/mol. The summed E-state index contributed by atoms with van der Waals surface area (Å²) in [6, 6.07) is 0. The molecule has 0 saturated heterocycles. The molecule has 0 aromatic carbocycles. The van der Waals surface area contributed by atoms with Crippen molar-refractivity contribution in [3.8, 4) is 0 Å². The van der Waals surface area contributed by atoms with E-state index in [1.54, 1.807) is 39.0 Å². The highest BCUT2D eigenvalue weighted by Gasteiger charge is 2.26. The fourth-order valence-corrected chi connectivity index (χ4v) is 0.957. The van der Waals surface area contributed by atoms with E-state index in [-0.39, 0.29) is 17.6 Å². The second-order valence-corrected chi connectivity index (χ2v) is 4.33. The maximum atomic E-state index is 11.6. The second kappa shape index (κ2) is 3.81. The Hall–Kier alpha value is -1.71. The van der Waals surface area contributed by atoms with Crippen molar-refractivity contribution in [2.24, 2.45) is 11.1 Å². The highest BCUT2D eigenvalue weighted by atomic mass is 16.5. The van der Waals surface area contributed by atoms with Crippen molar-refractivity contribution in [2.45, 2.75) is 20.8 Å². The van der Waals surface area contributed by atoms with E-state index in [4.69, 9.17) is 15.6 Å². The van der Waals surface area contributed by atoms with Gasteiger partial charge in [-0.3, -0.25) is 4.79 Å². The lowest BCUT2D eigenvalue weighted by Gasteiger charge is -2.17. The number of carbonyl (C=O) groups is 1. The number of esters is 1. The maximum Gasteiger partial charge on any atom is 0.316 e. The Bertz CT molecular complexity index is 366. The van der Waals surface area contributed by atoms with Crippen LogP contribution in [0.2, 0.25) is 0 Å². The third-order valence-electron chi connectivity index (χ3n) is 1.87. The van der Waals surface area contributed by atoms with Crippen LogP contribution in [0.3, 0.4) is 0 Å². The van der Waals surface area contributed by atoms with E-state index in [1.165, 1.54) is 0 Å². The molecule has 0 radical (unpaired) electrons. The molecule has 0 saturated carbocycles. The maximum absolute atomic E-state index is 11.6. The molecule has 0 atom stereocenters. The molecular formula is C11H15NO3. The third-order valence-corrected chi connectivity index (χ3v) is 1.87. The smallest absolute Gasteiger partial charge is 0.316 e. The van der Waals surface area contributed by atoms with Crippen LogP contribution in [0.5, 0.6) is 0 Å². The van der Waals surface area contributed by atoms with E-state index >= 15 is 0 Å². The number of aliphatic hydroxyl groups is 1. The Kier molecular flexibility index (Phi) is 2.88. The number of hydrogen-bond acceptors (Lipinski definition) is 4. The van der Waals surface area contributed by atoms with E-state index < -0.39 is 5.41 Å². The van der Waals surface area contributed by atoms with Gasteiger partial charge in [0.1, 0.15) is 5.76 Å². The molecule has 0 amide bonds. The summed E-state index contributed by atoms with van der Waals surface area (Å²) in [6.07, 6.45) is 4.83. The quantitative estimate of drug-likeness (QED) is 0.510. The molecule has 0 aromatic heterocycles. The van der Waals surface area contributed by atoms with Crippen molar-refractivity contribution in [2.75, 3.05) is 0 Å². The van der Waals surface area contributed by atoms with Crippen molar-refractivity contribution in [1.29, 1.82) is 0 Å². The van der Waals surface area contributed by atoms with Crippen LogP contribution in [0, 0.1) is 5.41 Å². The Morgan fingerprint density at radius 2 is 2.07 bits per heavy atom. The first-order valence-electron chi connectivity index (χ1n) is 4.62. The van der Waals surface area contributed by atoms with Gasteiger partial charge in [0.15, 0.2) is 5.88 Å². The first-order chi connectivity index (χ1) is 6.82. The third kappa shape index (κ3) is 2.62. The van der Waals surface area contributed by atoms with Gasteiger partial charge in [-0.25, -0.2) is 0 Å². The molecule has 0 fully saturated rings. The van der Waals surface area contributed by atoms with Crippen molar-refractivity contribution in [1.82, 2.24) is 0 Å². The topological polar surface area (TPSA) is 72.5 Å². The number of aliphatic hydroxyl groups excluding tert-OH is 1. The van der Waals surface area contributed by atoms with Crippen molar-refractivity contribution >= 4 is 5.97 Å². The van der Waals surface area contributed by atoms with Crippen LogP contribution in [-0.4, -0.2) is 11.1 Å². The van der Waals surface area contributed by atoms with Crippen molar-refractivity contribution < 1.29 is 14.6 Å². The van der Waals surface area contributed by atoms with Crippen LogP contribution in [0.1, 0.15) is 20.8 Å². The van der Waals surface area contributed by atoms with Crippen LogP contribution in [0.15, 0.2) is 35.4 Å². The molecule has 1 aliphatic rings. The molecule has 0 aromatic rings. The van der Waals surface area contributed by atoms with Gasteiger partial charge in [-0.15, -0.1) is 0 Å². The standard InChI is InChI=1S/C11H15NO3/c1-11(2,3)10(14)15-8-6-4-5-7(8)9(12)13/h4-6,13H,12H2,1-3H3. The predicted octanol–water partition coefficient (Wildman–Crippen LogP) is 1.76. The summed E-state index contributed by atoms with van der Waals surface area (Å²) >= 11 is 0. The van der Waals surface area contributed by atoms with E-state index in [0.717, 1.165) is 0 Å². The zero-order valence-electron chi connectivity index (χ0n) is 9.07. The van der Waals surface area contributed by atoms with Crippen LogP contribution < -0.4 is 5.73 Å². The van der Waals surface area contributed by atoms with Gasteiger partial charge >= 0.3 is 5.97 Å². The lowest BCUT2D eigenvalue weighted by molar-refractivity contribution is -0.148. The predicted molar refractivity (Wildman–Crippen MR) is 56.6 cm³/mol. The molecule has 1 aliphatic carbocycles. The fourth-order valence-electron chi connectivity index (χ4n) is 0.957. The summed E-state index contributed by atoms with van der Waals surface area (Å²) < 4.78 is 5.11. The SMILES string of the molecule is CC(C)(C)C(=O)OC1=CC=CC1=C(N)O. The molecule has 1 rings (SSSR count). The average molecular weight is 209 g/mol. The zero-order chi connectivity index (χ0) is 11.6. The lowest BCUT2D eigenvalue weighted by atomic mass is 9.97. The fraction of sp³-hybridized carbons (Fsp3) is 0.364. The van der Waals surface area contributed by atoms with Crippen LogP contribution in [-0.2, 0) is 9.53 Å². The Balaban J connectivity index is 2.79. The minimum Gasteiger partial charge on any atom is -0.494 e. The number of ether oxygens (including phenoxy) is 1. The second-order valence-electron chi connectivity index (χ2n) is 4.33. The zero-order valence-corrected chi connectivity index (χ0v) is 9.07. The van der Waals surface area contributed by atoms with Crippen LogP contribution in [0.25, 0.3) is 0 Å². The van der Waals surface area contributed by atoms with E-state index in [9.17, 15) is 4.79 Å². The summed E-state index contributed by atoms with van der Waals surface area (Å²) in [5.74, 6) is -0.428. The van der Waals surface area contributed by atoms with Crippen LogP contribution >= 0.6 is 0 Å². The molecule has 4 nitrogen and oxygen atoms in total. The monoisotopic (exact) mass is 209 g/mol. The average Bonchev–Trinajstić information content (AvgIpc) is 2.50. The largest absolute Gasteiger partial charge is 0.494 e. The van der Waals surface area contributed by atoms with E-state index in [0.29, 0.717) is 5.57 Å². The van der Waals surface area contributed by atoms with Gasteiger partial charge in [0, 0.05) is 0 Å². The van der Waals surface area contributed by atoms with Gasteiger partial charge in [0.05, 0.1) is 11.0 Å². The van der Waals surface area contributed by atoms with Gasteiger partial charge in [0.25, 0.3) is 0 Å². The number of rotatable bonds is 1. The van der Waals surface area contributed by atoms with E-state index in [2.05, 4.69) is 0 Å². The van der Waals surface area contributed by atoms with E-state index in [1.807, 2.05) is 0 Å². The molecule has 0 bridgehead atoms. The number of carbonyl (C=O) groups excluding carboxylic acids is 1. The van der Waals surface area contributed by atoms with Gasteiger partial charge in [-0.1, -0.05) is 6.08 Å². The highest BCUT2D eigenvalue weighted by Crippen LogP contribution is 2.25. The molecule has 82 valence electrons. The molecule has 4 heteroatoms. The summed E-state index contributed by atoms with van der Waals surface area (Å²) in [5.41, 5.74) is 4.98. The first-order valence-corrected chi connectivity index (χ1v) is 4.62. The van der Waals surface area contributed by atoms with Gasteiger partial charge < -0.3 is 15.6 Å². The number of nitrogens with two attached hydrogens (primary N) is 1. The minimum atomic E-state index is -0.585. The summed E-state index contributed by atoms with van der Waals surface area (Å²) in [4.78, 5) is 11.6. The first kappa shape index (κ1) is 11.4. The number of hydrogen-bond donors (Lipinski definition) is 2. The Morgan fingerprint density at radius 3 is 2.53 bits per heavy atom. The minimum absolute atomic E-state index is 0.287. The van der Waals surface area contributed by atoms with Crippen molar-refractivity contribution in [3.63, 3.8) is 0 Å². The Morgan fingerprint density at radius 1 is 1.47 bits per heavy atom. The van der Waals surface area contributed by atoms with Crippen LogP contribution in [0.4, 0.5) is 0 Å². The molecule has 0 heterocycles. The van der Waals surface area contributed by atoms with Crippen molar-refractivity contribution in [3.05, 3.63) is 35.4 Å². The molecule has 0 unspecified atom stereocenters. The molecule has 0 aliphatic heterocycles. The van der Waals surface area contributed by atoms with Gasteiger partial charge in [-0.2, -0.15) is 0 Å². The number of allylic oxidation sites excluding steroid dienone is 3. The molecule has 0 spiro atoms. The summed E-state index contributed by atoms with van der Waals surface area (Å²) in [7, 11) is 0. The molecule has 3 N–H and O–H groups in total.